The second-order valence-electron chi connectivity index (χ2n) is 3.98. The van der Waals surface area contributed by atoms with Gasteiger partial charge in [0.25, 0.3) is 0 Å². The highest BCUT2D eigenvalue weighted by Gasteiger charge is 2.10. The van der Waals surface area contributed by atoms with Crippen molar-refractivity contribution in [2.45, 2.75) is 20.3 Å². The van der Waals surface area contributed by atoms with E-state index in [4.69, 9.17) is 17.4 Å². The predicted octanol–water partition coefficient (Wildman–Crippen LogP) is 2.95. The van der Waals surface area contributed by atoms with E-state index in [1.807, 2.05) is 31.2 Å². The van der Waals surface area contributed by atoms with E-state index in [0.717, 1.165) is 23.2 Å². The number of benzene rings is 1. The Hall–Kier alpha value is -1.65. The van der Waals surface area contributed by atoms with Crippen molar-refractivity contribution in [3.63, 3.8) is 0 Å². The van der Waals surface area contributed by atoms with E-state index in [1.165, 1.54) is 0 Å². The van der Waals surface area contributed by atoms with Crippen molar-refractivity contribution in [3.05, 3.63) is 40.5 Å². The molecule has 0 saturated carbocycles. The number of nitrogen functional groups attached to an aromatic ring is 1. The quantitative estimate of drug-likeness (QED) is 0.659. The third-order valence-electron chi connectivity index (χ3n) is 2.80. The smallest absolute Gasteiger partial charge is 0.161 e. The summed E-state index contributed by atoms with van der Waals surface area (Å²) in [6.45, 7) is 4.01. The van der Waals surface area contributed by atoms with Crippen molar-refractivity contribution in [1.82, 2.24) is 9.97 Å². The van der Waals surface area contributed by atoms with Gasteiger partial charge in [0.1, 0.15) is 5.82 Å². The van der Waals surface area contributed by atoms with E-state index in [2.05, 4.69) is 22.3 Å². The third-order valence-corrected chi connectivity index (χ3v) is 3.04. The molecule has 0 fully saturated rings. The first-order valence-electron chi connectivity index (χ1n) is 5.75. The summed E-state index contributed by atoms with van der Waals surface area (Å²) in [6, 6.07) is 7.46. The molecule has 3 N–H and O–H groups in total. The summed E-state index contributed by atoms with van der Waals surface area (Å²) in [5, 5.41) is 0.664. The molecule has 0 aliphatic heterocycles. The van der Waals surface area contributed by atoms with Crippen LogP contribution in [0.25, 0.3) is 11.4 Å². The summed E-state index contributed by atoms with van der Waals surface area (Å²) < 4.78 is 0. The molecule has 1 heterocycles. The molecule has 0 atom stereocenters. The molecule has 1 aromatic carbocycles. The zero-order valence-electron chi connectivity index (χ0n) is 10.4. The Kier molecular flexibility index (Phi) is 3.79. The minimum absolute atomic E-state index is 0.632. The van der Waals surface area contributed by atoms with E-state index in [1.54, 1.807) is 0 Å². The maximum absolute atomic E-state index is 5.98. The van der Waals surface area contributed by atoms with Gasteiger partial charge >= 0.3 is 0 Å². The molecule has 5 heteroatoms. The molecule has 2 rings (SSSR count). The van der Waals surface area contributed by atoms with Crippen LogP contribution in [0.15, 0.2) is 24.3 Å². The first-order valence-corrected chi connectivity index (χ1v) is 6.13. The molecule has 0 amide bonds. The van der Waals surface area contributed by atoms with Crippen molar-refractivity contribution >= 4 is 17.4 Å². The number of nitrogens with one attached hydrogen (secondary N) is 1. The monoisotopic (exact) mass is 262 g/mol. The van der Waals surface area contributed by atoms with Crippen molar-refractivity contribution < 1.29 is 0 Å². The molecular weight excluding hydrogens is 248 g/mol. The zero-order valence-corrected chi connectivity index (χ0v) is 11.1. The van der Waals surface area contributed by atoms with Crippen LogP contribution in [0, 0.1) is 6.92 Å². The summed E-state index contributed by atoms with van der Waals surface area (Å²) in [5.74, 6) is 6.77. The van der Waals surface area contributed by atoms with E-state index >= 15 is 0 Å². The summed E-state index contributed by atoms with van der Waals surface area (Å²) in [4.78, 5) is 8.95. The number of aromatic nitrogens is 2. The topological polar surface area (TPSA) is 63.8 Å². The largest absolute Gasteiger partial charge is 0.308 e. The number of hydrazine groups is 1. The normalized spacial score (nSPS) is 10.4. The Morgan fingerprint density at radius 2 is 2.11 bits per heavy atom. The van der Waals surface area contributed by atoms with Gasteiger partial charge in [-0.2, -0.15) is 0 Å². The molecule has 0 aliphatic carbocycles. The molecule has 0 aliphatic rings. The molecule has 2 aromatic rings. The highest BCUT2D eigenvalue weighted by Crippen LogP contribution is 2.23. The van der Waals surface area contributed by atoms with Crippen LogP contribution in [0.5, 0.6) is 0 Å². The second-order valence-corrected chi connectivity index (χ2v) is 4.41. The first kappa shape index (κ1) is 12.8. The van der Waals surface area contributed by atoms with Crippen LogP contribution in [0.2, 0.25) is 5.02 Å². The van der Waals surface area contributed by atoms with Crippen LogP contribution < -0.4 is 11.3 Å². The number of anilines is 1. The lowest BCUT2D eigenvalue weighted by Crippen LogP contribution is -2.13. The van der Waals surface area contributed by atoms with Crippen LogP contribution in [0.4, 0.5) is 5.82 Å². The fourth-order valence-electron chi connectivity index (χ4n) is 1.80. The number of aryl methyl sites for hydroxylation is 1. The zero-order chi connectivity index (χ0) is 13.1. The highest BCUT2D eigenvalue weighted by molar-refractivity contribution is 6.30. The number of hydrogen-bond donors (Lipinski definition) is 2. The fraction of sp³-hybridized carbons (Fsp3) is 0.231. The van der Waals surface area contributed by atoms with E-state index in [9.17, 15) is 0 Å². The average Bonchev–Trinajstić information content (AvgIpc) is 2.39. The number of nitrogens with two attached hydrogens (primary N) is 1. The Balaban J connectivity index is 2.58. The van der Waals surface area contributed by atoms with Gasteiger partial charge in [-0.15, -0.1) is 0 Å². The van der Waals surface area contributed by atoms with Crippen molar-refractivity contribution in [2.24, 2.45) is 5.84 Å². The van der Waals surface area contributed by atoms with Crippen molar-refractivity contribution in [1.29, 1.82) is 0 Å². The molecule has 0 bridgehead atoms. The maximum Gasteiger partial charge on any atom is 0.161 e. The molecule has 0 radical (unpaired) electrons. The third kappa shape index (κ3) is 2.44. The highest BCUT2D eigenvalue weighted by atomic mass is 35.5. The molecule has 0 spiro atoms. The van der Waals surface area contributed by atoms with Gasteiger partial charge in [0, 0.05) is 21.8 Å². The molecule has 18 heavy (non-hydrogen) atoms. The lowest BCUT2D eigenvalue weighted by atomic mass is 10.1. The minimum Gasteiger partial charge on any atom is -0.308 e. The molecule has 0 saturated heterocycles. The SMILES string of the molecule is CCc1nc(-c2cccc(Cl)c2)nc(NN)c1C. The van der Waals surface area contributed by atoms with Gasteiger partial charge in [-0.05, 0) is 25.5 Å². The summed E-state index contributed by atoms with van der Waals surface area (Å²) in [6.07, 6.45) is 0.830. The van der Waals surface area contributed by atoms with Crippen molar-refractivity contribution in [3.8, 4) is 11.4 Å². The van der Waals surface area contributed by atoms with Crippen LogP contribution in [-0.2, 0) is 6.42 Å². The van der Waals surface area contributed by atoms with Crippen LogP contribution in [0.1, 0.15) is 18.2 Å². The summed E-state index contributed by atoms with van der Waals surface area (Å²) in [5.41, 5.74) is 5.45. The maximum atomic E-state index is 5.98. The van der Waals surface area contributed by atoms with Crippen LogP contribution in [0.3, 0.4) is 0 Å². The van der Waals surface area contributed by atoms with Gasteiger partial charge in [-0.3, -0.25) is 0 Å². The van der Waals surface area contributed by atoms with Crippen molar-refractivity contribution in [2.75, 3.05) is 5.43 Å². The van der Waals surface area contributed by atoms with E-state index < -0.39 is 0 Å². The molecule has 94 valence electrons. The van der Waals surface area contributed by atoms with Gasteiger partial charge in [0.15, 0.2) is 5.82 Å². The Bertz CT molecular complexity index is 544. The Morgan fingerprint density at radius 3 is 2.72 bits per heavy atom. The lowest BCUT2D eigenvalue weighted by Gasteiger charge is -2.11. The number of nitrogens with zero attached hydrogens (tertiary/aromatic N) is 2. The standard InChI is InChI=1S/C13H15ClN4/c1-3-11-8(2)12(18-15)17-13(16-11)9-5-4-6-10(14)7-9/h4-7H,3,15H2,1-2H3,(H,16,17,18). The molecular formula is C13H15ClN4. The van der Waals surface area contributed by atoms with Crippen LogP contribution >= 0.6 is 11.6 Å². The predicted molar refractivity (Wildman–Crippen MR) is 74.4 cm³/mol. The Labute approximate surface area is 111 Å². The first-order chi connectivity index (χ1) is 8.65. The number of rotatable bonds is 3. The second kappa shape index (κ2) is 5.33. The van der Waals surface area contributed by atoms with Gasteiger partial charge in [0.2, 0.25) is 0 Å². The fourth-order valence-corrected chi connectivity index (χ4v) is 1.99. The summed E-state index contributed by atoms with van der Waals surface area (Å²) >= 11 is 5.98. The van der Waals surface area contributed by atoms with E-state index in [-0.39, 0.29) is 0 Å². The lowest BCUT2D eigenvalue weighted by molar-refractivity contribution is 0.973. The molecule has 4 nitrogen and oxygen atoms in total. The molecule has 0 unspecified atom stereocenters. The number of halogens is 1. The van der Waals surface area contributed by atoms with Gasteiger partial charge in [0.05, 0.1) is 0 Å². The number of hydrogen-bond acceptors (Lipinski definition) is 4. The Morgan fingerprint density at radius 1 is 1.33 bits per heavy atom. The molecule has 1 aromatic heterocycles. The van der Waals surface area contributed by atoms with E-state index in [0.29, 0.717) is 16.7 Å². The van der Waals surface area contributed by atoms with Crippen LogP contribution in [-0.4, -0.2) is 9.97 Å². The van der Waals surface area contributed by atoms with Gasteiger partial charge in [-0.25, -0.2) is 15.8 Å². The average molecular weight is 263 g/mol. The van der Waals surface area contributed by atoms with Gasteiger partial charge in [-0.1, -0.05) is 30.7 Å². The van der Waals surface area contributed by atoms with Gasteiger partial charge < -0.3 is 5.43 Å². The minimum atomic E-state index is 0.632. The summed E-state index contributed by atoms with van der Waals surface area (Å²) in [7, 11) is 0.